The maximum atomic E-state index is 4.83. The number of hydrogen-bond donors (Lipinski definition) is 0. The van der Waals surface area contributed by atoms with E-state index in [1.54, 1.807) is 12.4 Å². The van der Waals surface area contributed by atoms with Crippen LogP contribution in [0.2, 0.25) is 0 Å². The third kappa shape index (κ3) is 22.6. The maximum absolute atomic E-state index is 4.83. The van der Waals surface area contributed by atoms with Crippen molar-refractivity contribution >= 4 is 23.2 Å². The van der Waals surface area contributed by atoms with Crippen LogP contribution in [0, 0.1) is 0 Å². The van der Waals surface area contributed by atoms with E-state index in [0.29, 0.717) is 0 Å². The zero-order valence-corrected chi connectivity index (χ0v) is 10.1. The molecule has 4 heteroatoms. The first-order valence-corrected chi connectivity index (χ1v) is 5.44. The molecule has 14 heavy (non-hydrogen) atoms. The average Bonchev–Trinajstić information content (AvgIpc) is 2.24. The second kappa shape index (κ2) is 18.5. The Hall–Kier alpha value is -0.310. The minimum absolute atomic E-state index is 0.194. The van der Waals surface area contributed by atoms with Crippen LogP contribution < -0.4 is 0 Å². The van der Waals surface area contributed by atoms with E-state index in [9.17, 15) is 0 Å². The Labute approximate surface area is 96.2 Å². The lowest BCUT2D eigenvalue weighted by molar-refractivity contribution is 0.162. The maximum Gasteiger partial charge on any atom is 0.0967 e. The third-order valence-corrected chi connectivity index (χ3v) is 0.975. The normalized spacial score (nSPS) is 7.71. The summed E-state index contributed by atoms with van der Waals surface area (Å²) < 4.78 is 4.83. The molecule has 1 aromatic heterocycles. The van der Waals surface area contributed by atoms with Gasteiger partial charge in [-0.3, -0.25) is 4.98 Å². The summed E-state index contributed by atoms with van der Waals surface area (Å²) in [4.78, 5) is 3.78. The molecule has 0 radical (unpaired) electrons. The van der Waals surface area contributed by atoms with E-state index in [1.165, 1.54) is 0 Å². The molecule has 0 N–H and O–H groups in total. The first kappa shape index (κ1) is 16.1. The summed E-state index contributed by atoms with van der Waals surface area (Å²) in [7, 11) is 0. The number of aromatic nitrogens is 1. The van der Waals surface area contributed by atoms with Crippen molar-refractivity contribution < 1.29 is 4.74 Å². The SMILES string of the molecule is CCOCC.ClCCl.c1ccncc1. The Bertz CT molecular complexity index is 133. The van der Waals surface area contributed by atoms with Crippen LogP contribution in [0.5, 0.6) is 0 Å². The molecule has 1 heterocycles. The van der Waals surface area contributed by atoms with Gasteiger partial charge in [-0.2, -0.15) is 0 Å². The van der Waals surface area contributed by atoms with Crippen molar-refractivity contribution in [2.24, 2.45) is 0 Å². The van der Waals surface area contributed by atoms with Crippen LogP contribution >= 0.6 is 23.2 Å². The molecule has 0 atom stereocenters. The highest BCUT2D eigenvalue weighted by Crippen LogP contribution is 1.74. The van der Waals surface area contributed by atoms with Crippen LogP contribution in [-0.4, -0.2) is 23.5 Å². The zero-order chi connectivity index (χ0) is 11.1. The summed E-state index contributed by atoms with van der Waals surface area (Å²) in [5.74, 6) is 0. The van der Waals surface area contributed by atoms with Gasteiger partial charge in [0.1, 0.15) is 0 Å². The summed E-state index contributed by atoms with van der Waals surface area (Å²) in [5.41, 5.74) is 0. The summed E-state index contributed by atoms with van der Waals surface area (Å²) in [6.07, 6.45) is 3.50. The summed E-state index contributed by atoms with van der Waals surface area (Å²) in [6.45, 7) is 5.67. The number of ether oxygens (including phenoxy) is 1. The van der Waals surface area contributed by atoms with Crippen LogP contribution in [0.3, 0.4) is 0 Å². The van der Waals surface area contributed by atoms with Crippen LogP contribution in [0.1, 0.15) is 13.8 Å². The smallest absolute Gasteiger partial charge is 0.0967 e. The number of rotatable bonds is 2. The lowest BCUT2D eigenvalue weighted by atomic mass is 10.5. The molecule has 2 nitrogen and oxygen atoms in total. The van der Waals surface area contributed by atoms with Gasteiger partial charge in [-0.05, 0) is 26.0 Å². The van der Waals surface area contributed by atoms with Crippen molar-refractivity contribution in [3.8, 4) is 0 Å². The Morgan fingerprint density at radius 2 is 1.43 bits per heavy atom. The van der Waals surface area contributed by atoms with E-state index in [-0.39, 0.29) is 5.34 Å². The van der Waals surface area contributed by atoms with E-state index in [2.05, 4.69) is 4.98 Å². The van der Waals surface area contributed by atoms with E-state index in [1.807, 2.05) is 32.0 Å². The molecule has 0 amide bonds. The Morgan fingerprint density at radius 3 is 1.50 bits per heavy atom. The van der Waals surface area contributed by atoms with Gasteiger partial charge in [-0.15, -0.1) is 23.2 Å². The predicted octanol–water partition coefficient (Wildman–Crippen LogP) is 3.55. The van der Waals surface area contributed by atoms with Gasteiger partial charge in [0, 0.05) is 25.6 Å². The molecule has 0 saturated carbocycles. The second-order valence-electron chi connectivity index (χ2n) is 1.91. The number of hydrogen-bond acceptors (Lipinski definition) is 2. The molecule has 1 rings (SSSR count). The fraction of sp³-hybridized carbons (Fsp3) is 0.500. The van der Waals surface area contributed by atoms with Crippen LogP contribution in [0.15, 0.2) is 30.6 Å². The molecule has 1 aromatic rings. The quantitative estimate of drug-likeness (QED) is 0.735. The summed E-state index contributed by atoms with van der Waals surface area (Å²) in [6, 6.07) is 5.72. The Balaban J connectivity index is 0. The Morgan fingerprint density at radius 1 is 1.00 bits per heavy atom. The van der Waals surface area contributed by atoms with Crippen molar-refractivity contribution in [1.29, 1.82) is 0 Å². The predicted molar refractivity (Wildman–Crippen MR) is 63.0 cm³/mol. The third-order valence-electron chi connectivity index (χ3n) is 0.975. The van der Waals surface area contributed by atoms with Gasteiger partial charge in [0.05, 0.1) is 5.34 Å². The average molecular weight is 238 g/mol. The van der Waals surface area contributed by atoms with E-state index in [0.717, 1.165) is 13.2 Å². The monoisotopic (exact) mass is 237 g/mol. The molecule has 0 aliphatic carbocycles. The minimum Gasteiger partial charge on any atom is -0.382 e. The molecule has 0 aliphatic rings. The van der Waals surface area contributed by atoms with Gasteiger partial charge in [0.25, 0.3) is 0 Å². The van der Waals surface area contributed by atoms with Crippen LogP contribution in [0.4, 0.5) is 0 Å². The van der Waals surface area contributed by atoms with Crippen LogP contribution in [-0.2, 0) is 4.74 Å². The molecule has 82 valence electrons. The zero-order valence-electron chi connectivity index (χ0n) is 8.62. The largest absolute Gasteiger partial charge is 0.382 e. The fourth-order valence-corrected chi connectivity index (χ4v) is 0.517. The molecule has 0 fully saturated rings. The van der Waals surface area contributed by atoms with Gasteiger partial charge >= 0.3 is 0 Å². The lowest BCUT2D eigenvalue weighted by Crippen LogP contribution is -1.84. The highest BCUT2D eigenvalue weighted by atomic mass is 35.5. The highest BCUT2D eigenvalue weighted by molar-refractivity contribution is 6.40. The van der Waals surface area contributed by atoms with E-state index in [4.69, 9.17) is 27.9 Å². The molecule has 0 aromatic carbocycles. The van der Waals surface area contributed by atoms with Crippen molar-refractivity contribution in [1.82, 2.24) is 4.98 Å². The molecule has 0 bridgehead atoms. The standard InChI is InChI=1S/C5H5N.C4H10O.CH2Cl2/c1-2-4-6-5-3-1;1-3-5-4-2;2-1-3/h1-5H;3-4H2,1-2H3;1H2. The fourth-order valence-electron chi connectivity index (χ4n) is 0.517. The van der Waals surface area contributed by atoms with Crippen molar-refractivity contribution in [2.75, 3.05) is 18.6 Å². The number of alkyl halides is 2. The molecular formula is C10H17Cl2NO. The first-order valence-electron chi connectivity index (χ1n) is 4.38. The molecular weight excluding hydrogens is 221 g/mol. The summed E-state index contributed by atoms with van der Waals surface area (Å²) in [5, 5.41) is 0.194. The van der Waals surface area contributed by atoms with Gasteiger partial charge in [0.2, 0.25) is 0 Å². The lowest BCUT2D eigenvalue weighted by Gasteiger charge is -1.86. The van der Waals surface area contributed by atoms with Crippen molar-refractivity contribution in [3.05, 3.63) is 30.6 Å². The first-order chi connectivity index (χ1) is 6.83. The summed E-state index contributed by atoms with van der Waals surface area (Å²) >= 11 is 9.53. The van der Waals surface area contributed by atoms with Gasteiger partial charge in [-0.1, -0.05) is 6.07 Å². The Kier molecular flexibility index (Phi) is 21.3. The number of pyridine rings is 1. The van der Waals surface area contributed by atoms with Gasteiger partial charge < -0.3 is 4.74 Å². The highest BCUT2D eigenvalue weighted by Gasteiger charge is 1.64. The van der Waals surface area contributed by atoms with Crippen LogP contribution in [0.25, 0.3) is 0 Å². The molecule has 0 aliphatic heterocycles. The number of nitrogens with zero attached hydrogens (tertiary/aromatic N) is 1. The van der Waals surface area contributed by atoms with E-state index < -0.39 is 0 Å². The molecule has 0 saturated heterocycles. The van der Waals surface area contributed by atoms with Gasteiger partial charge in [0.15, 0.2) is 0 Å². The minimum atomic E-state index is 0.194. The molecule has 0 spiro atoms. The topological polar surface area (TPSA) is 22.1 Å². The van der Waals surface area contributed by atoms with Crippen molar-refractivity contribution in [3.63, 3.8) is 0 Å². The van der Waals surface area contributed by atoms with E-state index >= 15 is 0 Å². The number of halogens is 2. The van der Waals surface area contributed by atoms with Crippen molar-refractivity contribution in [2.45, 2.75) is 13.8 Å². The molecule has 0 unspecified atom stereocenters. The van der Waals surface area contributed by atoms with Gasteiger partial charge in [-0.25, -0.2) is 0 Å². The second-order valence-corrected chi connectivity index (χ2v) is 2.72.